The molecule has 2 aromatic rings. The van der Waals surface area contributed by atoms with E-state index < -0.39 is 0 Å². The molecule has 10 heteroatoms. The second-order valence-electron chi connectivity index (χ2n) is 8.74. The van der Waals surface area contributed by atoms with Crippen LogP contribution in [-0.2, 0) is 24.1 Å². The van der Waals surface area contributed by atoms with Crippen LogP contribution < -0.4 is 4.90 Å². The Bertz CT molecular complexity index is 1030. The maximum Gasteiger partial charge on any atom is 0.230 e. The largest absolute Gasteiger partial charge is 0.356 e. The second-order valence-corrected chi connectivity index (χ2v) is 9.83. The Hall–Kier alpha value is -2.42. The van der Waals surface area contributed by atoms with Crippen LogP contribution in [0.5, 0.6) is 0 Å². The maximum absolute atomic E-state index is 13.0. The van der Waals surface area contributed by atoms with Gasteiger partial charge in [-0.1, -0.05) is 5.11 Å². The van der Waals surface area contributed by atoms with Gasteiger partial charge >= 0.3 is 0 Å². The van der Waals surface area contributed by atoms with Crippen molar-refractivity contribution >= 4 is 33.3 Å². The zero-order valence-corrected chi connectivity index (χ0v) is 18.8. The molecular weight excluding hydrogens is 412 g/mol. The van der Waals surface area contributed by atoms with Gasteiger partial charge < -0.3 is 9.80 Å². The average Bonchev–Trinajstić information content (AvgIpc) is 3.57. The number of amides is 1. The van der Waals surface area contributed by atoms with Crippen molar-refractivity contribution in [1.29, 1.82) is 0 Å². The molecule has 1 saturated carbocycles. The molecule has 0 atom stereocenters. The molecule has 0 aromatic carbocycles. The molecule has 2 fully saturated rings. The summed E-state index contributed by atoms with van der Waals surface area (Å²) in [7, 11) is 2.14. The Balaban J connectivity index is 1.37. The van der Waals surface area contributed by atoms with Gasteiger partial charge in [-0.3, -0.25) is 9.69 Å². The van der Waals surface area contributed by atoms with Crippen LogP contribution in [0.15, 0.2) is 5.11 Å². The van der Waals surface area contributed by atoms with Crippen molar-refractivity contribution in [2.24, 2.45) is 5.11 Å². The summed E-state index contributed by atoms with van der Waals surface area (Å²) >= 11 is 1.80. The number of hydrogen-bond donors (Lipinski definition) is 0. The summed E-state index contributed by atoms with van der Waals surface area (Å²) in [5, 5.41) is 4.85. The van der Waals surface area contributed by atoms with Gasteiger partial charge in [-0.2, -0.15) is 0 Å². The summed E-state index contributed by atoms with van der Waals surface area (Å²) in [5.41, 5.74) is 9.93. The van der Waals surface area contributed by atoms with E-state index in [1.165, 1.54) is 41.5 Å². The van der Waals surface area contributed by atoms with Crippen molar-refractivity contribution in [3.8, 4) is 0 Å². The minimum Gasteiger partial charge on any atom is -0.356 e. The van der Waals surface area contributed by atoms with E-state index in [4.69, 9.17) is 15.5 Å². The average molecular weight is 441 g/mol. The fraction of sp³-hybridized carbons (Fsp3) is 0.667. The van der Waals surface area contributed by atoms with E-state index in [9.17, 15) is 4.79 Å². The molecule has 0 unspecified atom stereocenters. The predicted octanol–water partition coefficient (Wildman–Crippen LogP) is 3.12. The molecule has 31 heavy (non-hydrogen) atoms. The number of fused-ring (bicyclic) bond motifs is 3. The SMILES string of the molecule is CN(c1nc(CC(=O)N2CCN(CN=[N+]=[N-])CC2)nc2sc3c(c12)CCCC3)C1CC1. The van der Waals surface area contributed by atoms with Gasteiger partial charge in [-0.25, -0.2) is 9.97 Å². The maximum atomic E-state index is 13.0. The van der Waals surface area contributed by atoms with Crippen LogP contribution in [0.4, 0.5) is 5.82 Å². The Morgan fingerprint density at radius 2 is 2.00 bits per heavy atom. The molecule has 164 valence electrons. The number of carbonyl (C=O) groups excluding carboxylic acids is 1. The minimum absolute atomic E-state index is 0.0733. The number of azide groups is 1. The summed E-state index contributed by atoms with van der Waals surface area (Å²) in [4.78, 5) is 34.4. The summed E-state index contributed by atoms with van der Waals surface area (Å²) < 4.78 is 0. The number of piperazine rings is 1. The first-order valence-corrected chi connectivity index (χ1v) is 12.0. The van der Waals surface area contributed by atoms with E-state index in [0.717, 1.165) is 36.6 Å². The minimum atomic E-state index is 0.0733. The molecule has 0 N–H and O–H groups in total. The highest BCUT2D eigenvalue weighted by Crippen LogP contribution is 2.41. The molecule has 2 aliphatic carbocycles. The summed E-state index contributed by atoms with van der Waals surface area (Å²) in [6.45, 7) is 3.09. The van der Waals surface area contributed by atoms with Crippen molar-refractivity contribution in [2.45, 2.75) is 51.0 Å². The van der Waals surface area contributed by atoms with Gasteiger partial charge in [0.1, 0.15) is 16.5 Å². The highest BCUT2D eigenvalue weighted by molar-refractivity contribution is 7.19. The van der Waals surface area contributed by atoms with Crippen molar-refractivity contribution in [2.75, 3.05) is 44.8 Å². The predicted molar refractivity (Wildman–Crippen MR) is 121 cm³/mol. The first-order chi connectivity index (χ1) is 15.1. The third kappa shape index (κ3) is 4.20. The van der Waals surface area contributed by atoms with E-state index in [2.05, 4.69) is 26.9 Å². The van der Waals surface area contributed by atoms with Gasteiger partial charge in [0.2, 0.25) is 5.91 Å². The standard InChI is InChI=1S/C21H28N8OS/c1-27(14-6-7-14)20-19-15-4-2-3-5-16(15)31-21(19)25-17(24-20)12-18(30)29-10-8-28(9-11-29)13-23-26-22/h14H,2-13H2,1H3. The van der Waals surface area contributed by atoms with E-state index in [1.54, 1.807) is 11.3 Å². The van der Waals surface area contributed by atoms with Crippen LogP contribution in [-0.4, -0.2) is 71.6 Å². The summed E-state index contributed by atoms with van der Waals surface area (Å²) in [6.07, 6.45) is 7.39. The van der Waals surface area contributed by atoms with Crippen molar-refractivity contribution in [3.63, 3.8) is 0 Å². The normalized spacial score (nSPS) is 19.2. The molecule has 1 amide bonds. The topological polar surface area (TPSA) is 101 Å². The smallest absolute Gasteiger partial charge is 0.230 e. The fourth-order valence-electron chi connectivity index (χ4n) is 4.65. The monoisotopic (exact) mass is 440 g/mol. The second kappa shape index (κ2) is 8.61. The summed E-state index contributed by atoms with van der Waals surface area (Å²) in [6, 6.07) is 0.560. The van der Waals surface area contributed by atoms with E-state index in [-0.39, 0.29) is 12.3 Å². The molecule has 0 radical (unpaired) electrons. The highest BCUT2D eigenvalue weighted by Gasteiger charge is 2.31. The van der Waals surface area contributed by atoms with Crippen LogP contribution in [0, 0.1) is 0 Å². The number of aryl methyl sites for hydroxylation is 2. The molecule has 3 heterocycles. The summed E-state index contributed by atoms with van der Waals surface area (Å²) in [5.74, 6) is 1.73. The number of rotatable bonds is 6. The Labute approximate surface area is 185 Å². The first kappa shape index (κ1) is 20.5. The molecule has 0 spiro atoms. The van der Waals surface area contributed by atoms with Crippen molar-refractivity contribution in [3.05, 3.63) is 26.7 Å². The molecule has 9 nitrogen and oxygen atoms in total. The Morgan fingerprint density at radius 1 is 1.23 bits per heavy atom. The zero-order valence-electron chi connectivity index (χ0n) is 18.0. The van der Waals surface area contributed by atoms with Crippen LogP contribution in [0.3, 0.4) is 0 Å². The quantitative estimate of drug-likeness (QED) is 0.390. The van der Waals surface area contributed by atoms with E-state index in [0.29, 0.717) is 31.6 Å². The van der Waals surface area contributed by atoms with Crippen LogP contribution in [0.1, 0.15) is 41.9 Å². The van der Waals surface area contributed by atoms with Crippen molar-refractivity contribution in [1.82, 2.24) is 19.8 Å². The fourth-order valence-corrected chi connectivity index (χ4v) is 5.93. The zero-order chi connectivity index (χ0) is 21.4. The van der Waals surface area contributed by atoms with E-state index in [1.807, 2.05) is 4.90 Å². The van der Waals surface area contributed by atoms with Gasteiger partial charge in [0.25, 0.3) is 0 Å². The lowest BCUT2D eigenvalue weighted by atomic mass is 9.97. The molecule has 0 bridgehead atoms. The third-order valence-corrected chi connectivity index (χ3v) is 7.82. The van der Waals surface area contributed by atoms with Gasteiger partial charge in [-0.05, 0) is 49.6 Å². The van der Waals surface area contributed by atoms with Gasteiger partial charge in [0.15, 0.2) is 0 Å². The number of anilines is 1. The number of carbonyl (C=O) groups is 1. The van der Waals surface area contributed by atoms with Crippen molar-refractivity contribution < 1.29 is 4.79 Å². The molecule has 5 rings (SSSR count). The number of thiophene rings is 1. The molecule has 1 aliphatic heterocycles. The molecule has 1 saturated heterocycles. The molecule has 3 aliphatic rings. The number of aromatic nitrogens is 2. The number of hydrogen-bond acceptors (Lipinski definition) is 7. The molecule has 2 aromatic heterocycles. The lowest BCUT2D eigenvalue weighted by Gasteiger charge is -2.33. The van der Waals surface area contributed by atoms with Crippen LogP contribution in [0.25, 0.3) is 20.7 Å². The lowest BCUT2D eigenvalue weighted by molar-refractivity contribution is -0.132. The third-order valence-electron chi connectivity index (χ3n) is 6.63. The number of nitrogens with zero attached hydrogens (tertiary/aromatic N) is 8. The van der Waals surface area contributed by atoms with Gasteiger partial charge in [0, 0.05) is 49.1 Å². The highest BCUT2D eigenvalue weighted by atomic mass is 32.1. The van der Waals surface area contributed by atoms with Gasteiger partial charge in [-0.15, -0.1) is 11.3 Å². The lowest BCUT2D eigenvalue weighted by Crippen LogP contribution is -2.49. The van der Waals surface area contributed by atoms with E-state index >= 15 is 0 Å². The Kier molecular flexibility index (Phi) is 5.69. The van der Waals surface area contributed by atoms with Crippen LogP contribution in [0.2, 0.25) is 0 Å². The Morgan fingerprint density at radius 3 is 2.74 bits per heavy atom. The van der Waals surface area contributed by atoms with Gasteiger partial charge in [0.05, 0.1) is 18.5 Å². The first-order valence-electron chi connectivity index (χ1n) is 11.2. The molecular formula is C21H28N8OS. The van der Waals surface area contributed by atoms with Crippen LogP contribution >= 0.6 is 11.3 Å².